The normalized spacial score (nSPS) is 11.9. The molecule has 0 aliphatic rings. The Morgan fingerprint density at radius 3 is 2.33 bits per heavy atom. The highest BCUT2D eigenvalue weighted by Crippen LogP contribution is 2.26. The summed E-state index contributed by atoms with van der Waals surface area (Å²) in [6.45, 7) is 4.02. The molecule has 0 spiro atoms. The maximum atomic E-state index is 12.7. The van der Waals surface area contributed by atoms with Crippen molar-refractivity contribution < 1.29 is 9.59 Å². The quantitative estimate of drug-likeness (QED) is 0.918. The monoisotopic (exact) mass is 325 g/mol. The molecule has 5 nitrogen and oxygen atoms in total. The molecule has 24 heavy (non-hydrogen) atoms. The van der Waals surface area contributed by atoms with Gasteiger partial charge in [-0.25, -0.2) is 0 Å². The smallest absolute Gasteiger partial charge is 0.253 e. The van der Waals surface area contributed by atoms with E-state index in [0.29, 0.717) is 11.3 Å². The van der Waals surface area contributed by atoms with Crippen LogP contribution in [0.1, 0.15) is 35.7 Å². The standard InChI is InChI=1S/C19H23N3O2/c1-13(2)17(14-8-10-20-11-9-14)18(23)21-16-7-5-6-15(12-16)19(24)22(3)4/h5-13,17H,1-4H3,(H,21,23)/t17-/m0/s1. The molecule has 0 fully saturated rings. The van der Waals surface area contributed by atoms with Gasteiger partial charge in [-0.15, -0.1) is 0 Å². The van der Waals surface area contributed by atoms with E-state index in [1.54, 1.807) is 50.8 Å². The second kappa shape index (κ2) is 7.73. The van der Waals surface area contributed by atoms with Gasteiger partial charge >= 0.3 is 0 Å². The van der Waals surface area contributed by atoms with E-state index in [0.717, 1.165) is 5.56 Å². The van der Waals surface area contributed by atoms with Gasteiger partial charge in [0.2, 0.25) is 5.91 Å². The van der Waals surface area contributed by atoms with Crippen molar-refractivity contribution in [2.45, 2.75) is 19.8 Å². The summed E-state index contributed by atoms with van der Waals surface area (Å²) < 4.78 is 0. The summed E-state index contributed by atoms with van der Waals surface area (Å²) in [5.74, 6) is -0.327. The zero-order chi connectivity index (χ0) is 17.7. The summed E-state index contributed by atoms with van der Waals surface area (Å²) >= 11 is 0. The van der Waals surface area contributed by atoms with Crippen molar-refractivity contribution in [3.63, 3.8) is 0 Å². The van der Waals surface area contributed by atoms with Crippen molar-refractivity contribution in [2.24, 2.45) is 5.92 Å². The number of nitrogens with zero attached hydrogens (tertiary/aromatic N) is 2. The first-order valence-corrected chi connectivity index (χ1v) is 7.92. The average molecular weight is 325 g/mol. The Kier molecular flexibility index (Phi) is 5.68. The first kappa shape index (κ1) is 17.7. The molecule has 0 unspecified atom stereocenters. The number of nitrogens with one attached hydrogen (secondary N) is 1. The summed E-state index contributed by atoms with van der Waals surface area (Å²) in [7, 11) is 3.40. The molecule has 0 saturated heterocycles. The fraction of sp³-hybridized carbons (Fsp3) is 0.316. The lowest BCUT2D eigenvalue weighted by atomic mass is 9.88. The van der Waals surface area contributed by atoms with Gasteiger partial charge in [0.15, 0.2) is 0 Å². The first-order valence-electron chi connectivity index (χ1n) is 7.92. The van der Waals surface area contributed by atoms with Crippen LogP contribution in [-0.2, 0) is 4.79 Å². The fourth-order valence-corrected chi connectivity index (χ4v) is 2.62. The van der Waals surface area contributed by atoms with E-state index in [1.165, 1.54) is 4.90 Å². The van der Waals surface area contributed by atoms with Crippen molar-refractivity contribution in [1.82, 2.24) is 9.88 Å². The highest BCUT2D eigenvalue weighted by Gasteiger charge is 2.24. The summed E-state index contributed by atoms with van der Waals surface area (Å²) in [5.41, 5.74) is 2.09. The van der Waals surface area contributed by atoms with Crippen molar-refractivity contribution in [2.75, 3.05) is 19.4 Å². The van der Waals surface area contributed by atoms with Crippen molar-refractivity contribution in [3.05, 3.63) is 59.9 Å². The lowest BCUT2D eigenvalue weighted by Gasteiger charge is -2.21. The number of carbonyl (C=O) groups is 2. The van der Waals surface area contributed by atoms with Crippen LogP contribution >= 0.6 is 0 Å². The Labute approximate surface area is 142 Å². The predicted molar refractivity (Wildman–Crippen MR) is 94.9 cm³/mol. The van der Waals surface area contributed by atoms with E-state index in [2.05, 4.69) is 10.3 Å². The number of rotatable bonds is 5. The van der Waals surface area contributed by atoms with Crippen LogP contribution in [0.15, 0.2) is 48.8 Å². The lowest BCUT2D eigenvalue weighted by Crippen LogP contribution is -2.25. The minimum atomic E-state index is -0.277. The number of hydrogen-bond donors (Lipinski definition) is 1. The Morgan fingerprint density at radius 2 is 1.75 bits per heavy atom. The number of pyridine rings is 1. The highest BCUT2D eigenvalue weighted by atomic mass is 16.2. The van der Waals surface area contributed by atoms with Gasteiger partial charge in [0.1, 0.15) is 0 Å². The largest absolute Gasteiger partial charge is 0.345 e. The molecule has 2 rings (SSSR count). The zero-order valence-electron chi connectivity index (χ0n) is 14.5. The Balaban J connectivity index is 2.22. The summed E-state index contributed by atoms with van der Waals surface area (Å²) in [6, 6.07) is 10.7. The number of benzene rings is 1. The Bertz CT molecular complexity index is 712. The van der Waals surface area contributed by atoms with E-state index in [9.17, 15) is 9.59 Å². The molecule has 2 aromatic rings. The van der Waals surface area contributed by atoms with Gasteiger partial charge in [-0.1, -0.05) is 19.9 Å². The summed E-state index contributed by atoms with van der Waals surface area (Å²) in [6.07, 6.45) is 3.38. The van der Waals surface area contributed by atoms with Gasteiger partial charge < -0.3 is 10.2 Å². The van der Waals surface area contributed by atoms with Crippen LogP contribution in [0.2, 0.25) is 0 Å². The molecule has 0 bridgehead atoms. The van der Waals surface area contributed by atoms with Gasteiger partial charge in [-0.05, 0) is 41.8 Å². The lowest BCUT2D eigenvalue weighted by molar-refractivity contribution is -0.118. The van der Waals surface area contributed by atoms with Crippen molar-refractivity contribution in [1.29, 1.82) is 0 Å². The third-order valence-corrected chi connectivity index (χ3v) is 3.80. The van der Waals surface area contributed by atoms with Gasteiger partial charge in [-0.3, -0.25) is 14.6 Å². The van der Waals surface area contributed by atoms with Crippen LogP contribution < -0.4 is 5.32 Å². The van der Waals surface area contributed by atoms with E-state index in [1.807, 2.05) is 26.0 Å². The minimum absolute atomic E-state index is 0.0920. The molecular formula is C19H23N3O2. The van der Waals surface area contributed by atoms with Crippen molar-refractivity contribution in [3.8, 4) is 0 Å². The maximum absolute atomic E-state index is 12.7. The molecule has 1 heterocycles. The van der Waals surface area contributed by atoms with Gasteiger partial charge in [0.05, 0.1) is 5.92 Å². The summed E-state index contributed by atoms with van der Waals surface area (Å²) in [4.78, 5) is 30.3. The van der Waals surface area contributed by atoms with Gasteiger partial charge in [0, 0.05) is 37.7 Å². The minimum Gasteiger partial charge on any atom is -0.345 e. The third kappa shape index (κ3) is 4.19. The number of anilines is 1. The van der Waals surface area contributed by atoms with Crippen LogP contribution in [0.3, 0.4) is 0 Å². The molecule has 0 saturated carbocycles. The van der Waals surface area contributed by atoms with E-state index < -0.39 is 0 Å². The Hall–Kier alpha value is -2.69. The molecule has 0 aliphatic heterocycles. The molecular weight excluding hydrogens is 302 g/mol. The topological polar surface area (TPSA) is 62.3 Å². The van der Waals surface area contributed by atoms with Crippen molar-refractivity contribution >= 4 is 17.5 Å². The fourth-order valence-electron chi connectivity index (χ4n) is 2.62. The molecule has 5 heteroatoms. The average Bonchev–Trinajstić information content (AvgIpc) is 2.55. The van der Waals surface area contributed by atoms with Crippen LogP contribution in [0, 0.1) is 5.92 Å². The molecule has 1 aromatic heterocycles. The van der Waals surface area contributed by atoms with Crippen LogP contribution in [-0.4, -0.2) is 35.8 Å². The molecule has 1 N–H and O–H groups in total. The van der Waals surface area contributed by atoms with Crippen LogP contribution in [0.4, 0.5) is 5.69 Å². The summed E-state index contributed by atoms with van der Waals surface area (Å²) in [5, 5.41) is 2.93. The number of hydrogen-bond acceptors (Lipinski definition) is 3. The molecule has 0 radical (unpaired) electrons. The molecule has 1 aromatic carbocycles. The number of amides is 2. The highest BCUT2D eigenvalue weighted by molar-refractivity contribution is 5.99. The number of carbonyl (C=O) groups excluding carboxylic acids is 2. The van der Waals surface area contributed by atoms with E-state index >= 15 is 0 Å². The number of aromatic nitrogens is 1. The predicted octanol–water partition coefficient (Wildman–Crippen LogP) is 3.16. The zero-order valence-corrected chi connectivity index (χ0v) is 14.5. The van der Waals surface area contributed by atoms with E-state index in [4.69, 9.17) is 0 Å². The maximum Gasteiger partial charge on any atom is 0.253 e. The molecule has 0 aliphatic carbocycles. The second-order valence-corrected chi connectivity index (χ2v) is 6.27. The first-order chi connectivity index (χ1) is 11.4. The van der Waals surface area contributed by atoms with Gasteiger partial charge in [0.25, 0.3) is 5.91 Å². The van der Waals surface area contributed by atoms with Crippen LogP contribution in [0.5, 0.6) is 0 Å². The van der Waals surface area contributed by atoms with Crippen LogP contribution in [0.25, 0.3) is 0 Å². The second-order valence-electron chi connectivity index (χ2n) is 6.27. The van der Waals surface area contributed by atoms with Gasteiger partial charge in [-0.2, -0.15) is 0 Å². The third-order valence-electron chi connectivity index (χ3n) is 3.80. The molecule has 2 amide bonds. The molecule has 1 atom stereocenters. The molecule has 126 valence electrons. The van der Waals surface area contributed by atoms with E-state index in [-0.39, 0.29) is 23.7 Å². The SMILES string of the molecule is CC(C)[C@H](C(=O)Nc1cccc(C(=O)N(C)C)c1)c1ccncc1. The Morgan fingerprint density at radius 1 is 1.08 bits per heavy atom.